The first-order valence-corrected chi connectivity index (χ1v) is 3.84. The van der Waals surface area contributed by atoms with Crippen LogP contribution in [0.1, 0.15) is 6.92 Å². The molecule has 0 aromatic rings. The maximum atomic E-state index is 7.89. The van der Waals surface area contributed by atoms with E-state index in [0.29, 0.717) is 0 Å². The fraction of sp³-hybridized carbons (Fsp3) is 1.00. The van der Waals surface area contributed by atoms with Gasteiger partial charge in [0.25, 0.3) is 0 Å². The van der Waals surface area contributed by atoms with Crippen LogP contribution in [0.25, 0.3) is 10.4 Å². The third kappa shape index (κ3) is 3.29. The van der Waals surface area contributed by atoms with E-state index in [0.717, 1.165) is 0 Å². The Morgan fingerprint density at radius 2 is 2.12 bits per heavy atom. The van der Waals surface area contributed by atoms with E-state index in [-0.39, 0.29) is 9.78 Å². The molecule has 0 heterocycles. The molecule has 0 saturated carbocycles. The second kappa shape index (κ2) is 4.18. The molecule has 0 aliphatic carbocycles. The zero-order chi connectivity index (χ0) is 6.57. The average Bonchev–Trinajstić information content (AvgIpc) is 1.67. The van der Waals surface area contributed by atoms with Crippen molar-refractivity contribution in [1.29, 1.82) is 0 Å². The number of rotatable bonds is 2. The van der Waals surface area contributed by atoms with Crippen molar-refractivity contribution in [2.75, 3.05) is 0 Å². The lowest BCUT2D eigenvalue weighted by molar-refractivity contribution is 0.907. The molecule has 46 valence electrons. The Morgan fingerprint density at radius 1 is 1.62 bits per heavy atom. The first kappa shape index (κ1) is 8.27. The Hall–Kier alpha value is 0.270. The molecule has 0 aliphatic heterocycles. The Morgan fingerprint density at radius 3 is 2.25 bits per heavy atom. The van der Waals surface area contributed by atoms with Crippen LogP contribution in [0.5, 0.6) is 0 Å². The Labute approximate surface area is 64.3 Å². The summed E-state index contributed by atoms with van der Waals surface area (Å²) >= 11 is 6.36. The topological polar surface area (TPSA) is 48.8 Å². The molecule has 0 rings (SSSR count). The molecule has 0 bridgehead atoms. The van der Waals surface area contributed by atoms with E-state index in [1.165, 1.54) is 0 Å². The van der Waals surface area contributed by atoms with Gasteiger partial charge in [0.15, 0.2) is 0 Å². The molecule has 0 radical (unpaired) electrons. The van der Waals surface area contributed by atoms with Crippen molar-refractivity contribution in [3.63, 3.8) is 0 Å². The summed E-state index contributed by atoms with van der Waals surface area (Å²) in [5.74, 6) is 0. The molecule has 0 aliphatic rings. The van der Waals surface area contributed by atoms with Crippen LogP contribution in [0.2, 0.25) is 0 Å². The van der Waals surface area contributed by atoms with Crippen molar-refractivity contribution in [1.82, 2.24) is 0 Å². The molecule has 0 aromatic carbocycles. The molecule has 5 heteroatoms. The molecule has 0 spiro atoms. The Kier molecular flexibility index (Phi) is 4.32. The van der Waals surface area contributed by atoms with Crippen molar-refractivity contribution < 1.29 is 0 Å². The third-order valence-corrected chi connectivity index (χ3v) is 2.73. The maximum absolute atomic E-state index is 7.89. The lowest BCUT2D eigenvalue weighted by atomic mass is 10.5. The highest BCUT2D eigenvalue weighted by Gasteiger charge is 2.05. The molecule has 0 fully saturated rings. The summed E-state index contributed by atoms with van der Waals surface area (Å²) < 4.78 is 0. The minimum Gasteiger partial charge on any atom is -0.0880 e. The third-order valence-electron chi connectivity index (χ3n) is 0.541. The van der Waals surface area contributed by atoms with Gasteiger partial charge in [-0.1, -0.05) is 43.9 Å². The number of nitrogens with zero attached hydrogens (tertiary/aromatic N) is 3. The van der Waals surface area contributed by atoms with Crippen LogP contribution in [-0.4, -0.2) is 9.78 Å². The van der Waals surface area contributed by atoms with Crippen LogP contribution in [0.3, 0.4) is 0 Å². The van der Waals surface area contributed by atoms with Crippen molar-refractivity contribution >= 4 is 31.9 Å². The number of alkyl halides is 2. The summed E-state index contributed by atoms with van der Waals surface area (Å²) in [5, 5.41) is 3.37. The zero-order valence-corrected chi connectivity index (χ0v) is 7.42. The standard InChI is InChI=1S/C3H5Br2N3/c1-2(4)3(5)7-8-6/h2-3H,1H3. The van der Waals surface area contributed by atoms with Crippen LogP contribution in [0.15, 0.2) is 5.11 Å². The molecular weight excluding hydrogens is 238 g/mol. The highest BCUT2D eigenvalue weighted by molar-refractivity contribution is 9.12. The van der Waals surface area contributed by atoms with Gasteiger partial charge in [0.2, 0.25) is 0 Å². The minimum absolute atomic E-state index is 0.146. The van der Waals surface area contributed by atoms with Crippen molar-refractivity contribution in [3.8, 4) is 0 Å². The average molecular weight is 243 g/mol. The Balaban J connectivity index is 3.63. The number of halogens is 2. The second-order valence-corrected chi connectivity index (χ2v) is 3.64. The van der Waals surface area contributed by atoms with Crippen LogP contribution in [-0.2, 0) is 0 Å². The minimum atomic E-state index is -0.146. The first-order chi connectivity index (χ1) is 3.68. The van der Waals surface area contributed by atoms with E-state index in [1.807, 2.05) is 6.92 Å². The van der Waals surface area contributed by atoms with Gasteiger partial charge in [0, 0.05) is 9.74 Å². The summed E-state index contributed by atoms with van der Waals surface area (Å²) in [6.45, 7) is 1.90. The van der Waals surface area contributed by atoms with E-state index in [9.17, 15) is 0 Å². The summed E-state index contributed by atoms with van der Waals surface area (Å²) in [4.78, 5) is 2.64. The second-order valence-electron chi connectivity index (χ2n) is 1.26. The summed E-state index contributed by atoms with van der Waals surface area (Å²) in [5.41, 5.74) is 7.89. The molecular formula is C3H5Br2N3. The highest BCUT2D eigenvalue weighted by Crippen LogP contribution is 2.14. The van der Waals surface area contributed by atoms with E-state index in [2.05, 4.69) is 41.9 Å². The monoisotopic (exact) mass is 241 g/mol. The lowest BCUT2D eigenvalue weighted by Gasteiger charge is -2.01. The van der Waals surface area contributed by atoms with E-state index >= 15 is 0 Å². The van der Waals surface area contributed by atoms with E-state index in [4.69, 9.17) is 5.53 Å². The van der Waals surface area contributed by atoms with E-state index < -0.39 is 0 Å². The molecule has 2 unspecified atom stereocenters. The molecule has 0 aromatic heterocycles. The molecule has 0 amide bonds. The predicted molar refractivity (Wildman–Crippen MR) is 40.3 cm³/mol. The van der Waals surface area contributed by atoms with Crippen molar-refractivity contribution in [2.24, 2.45) is 5.11 Å². The number of hydrogen-bond donors (Lipinski definition) is 0. The SMILES string of the molecule is CC(Br)C(Br)N=[N+]=[N-]. The summed E-state index contributed by atoms with van der Waals surface area (Å²) in [6, 6.07) is 0. The first-order valence-electron chi connectivity index (χ1n) is 2.01. The smallest absolute Gasteiger partial charge is 0.0880 e. The lowest BCUT2D eigenvalue weighted by Crippen LogP contribution is -2.03. The van der Waals surface area contributed by atoms with Gasteiger partial charge in [0.05, 0.1) is 0 Å². The number of hydrogen-bond acceptors (Lipinski definition) is 1. The molecule has 8 heavy (non-hydrogen) atoms. The molecule has 0 saturated heterocycles. The van der Waals surface area contributed by atoms with Gasteiger partial charge in [-0.25, -0.2) is 0 Å². The van der Waals surface area contributed by atoms with E-state index in [1.54, 1.807) is 0 Å². The van der Waals surface area contributed by atoms with Crippen molar-refractivity contribution in [3.05, 3.63) is 10.4 Å². The number of azide groups is 1. The summed E-state index contributed by atoms with van der Waals surface area (Å²) in [7, 11) is 0. The van der Waals surface area contributed by atoms with Gasteiger partial charge in [-0.15, -0.1) is 0 Å². The quantitative estimate of drug-likeness (QED) is 0.235. The zero-order valence-electron chi connectivity index (χ0n) is 4.25. The van der Waals surface area contributed by atoms with Crippen LogP contribution >= 0.6 is 31.9 Å². The van der Waals surface area contributed by atoms with Crippen LogP contribution in [0, 0.1) is 0 Å². The van der Waals surface area contributed by atoms with Crippen LogP contribution in [0.4, 0.5) is 0 Å². The van der Waals surface area contributed by atoms with Gasteiger partial charge in [0.1, 0.15) is 4.95 Å². The molecule has 2 atom stereocenters. The van der Waals surface area contributed by atoms with Gasteiger partial charge in [-0.05, 0) is 5.53 Å². The fourth-order valence-corrected chi connectivity index (χ4v) is 0.329. The van der Waals surface area contributed by atoms with Gasteiger partial charge < -0.3 is 0 Å². The largest absolute Gasteiger partial charge is 0.105 e. The fourth-order valence-electron chi connectivity index (χ4n) is 0.141. The van der Waals surface area contributed by atoms with Gasteiger partial charge >= 0.3 is 0 Å². The molecule has 0 N–H and O–H groups in total. The summed E-state index contributed by atoms with van der Waals surface area (Å²) in [6.07, 6.45) is 0. The van der Waals surface area contributed by atoms with Crippen molar-refractivity contribution in [2.45, 2.75) is 16.7 Å². The normalized spacial score (nSPS) is 16.4. The maximum Gasteiger partial charge on any atom is 0.105 e. The predicted octanol–water partition coefficient (Wildman–Crippen LogP) is 2.80. The molecule has 3 nitrogen and oxygen atoms in total. The highest BCUT2D eigenvalue weighted by atomic mass is 79.9. The van der Waals surface area contributed by atoms with Gasteiger partial charge in [-0.2, -0.15) is 0 Å². The van der Waals surface area contributed by atoms with Gasteiger partial charge in [-0.3, -0.25) is 0 Å². The van der Waals surface area contributed by atoms with Crippen LogP contribution < -0.4 is 0 Å². The Bertz CT molecular complexity index is 107.